The number of hydrogen-bond donors (Lipinski definition) is 1. The number of aliphatic hydroxyl groups excluding tert-OH is 1. The van der Waals surface area contributed by atoms with Crippen molar-refractivity contribution in [1.82, 2.24) is 0 Å². The summed E-state index contributed by atoms with van der Waals surface area (Å²) < 4.78 is 0. The van der Waals surface area contributed by atoms with Crippen molar-refractivity contribution >= 4 is 0 Å². The SMILES string of the molecule is C\C=C/C(O)=C\C=C\CC. The first-order valence-corrected chi connectivity index (χ1v) is 3.49. The lowest BCUT2D eigenvalue weighted by Gasteiger charge is -1.84. The normalized spacial score (nSPS) is 13.6. The summed E-state index contributed by atoms with van der Waals surface area (Å²) in [6.07, 6.45) is 9.95. The molecular formula is C9H14O. The fraction of sp³-hybridized carbons (Fsp3) is 0.333. The lowest BCUT2D eigenvalue weighted by atomic mass is 10.3. The van der Waals surface area contributed by atoms with Gasteiger partial charge in [0.2, 0.25) is 0 Å². The Labute approximate surface area is 62.4 Å². The van der Waals surface area contributed by atoms with E-state index < -0.39 is 0 Å². The van der Waals surface area contributed by atoms with Crippen molar-refractivity contribution in [2.45, 2.75) is 20.3 Å². The van der Waals surface area contributed by atoms with Crippen LogP contribution in [0.1, 0.15) is 20.3 Å². The molecular weight excluding hydrogens is 124 g/mol. The molecule has 0 unspecified atom stereocenters. The minimum Gasteiger partial charge on any atom is -0.508 e. The van der Waals surface area contributed by atoms with Crippen LogP contribution in [0, 0.1) is 0 Å². The van der Waals surface area contributed by atoms with Gasteiger partial charge >= 0.3 is 0 Å². The molecule has 0 fully saturated rings. The average molecular weight is 138 g/mol. The first-order chi connectivity index (χ1) is 4.81. The molecule has 1 N–H and O–H groups in total. The third-order valence-electron chi connectivity index (χ3n) is 0.976. The van der Waals surface area contributed by atoms with E-state index in [9.17, 15) is 0 Å². The van der Waals surface area contributed by atoms with Gasteiger partial charge in [0, 0.05) is 0 Å². The molecule has 0 saturated heterocycles. The van der Waals surface area contributed by atoms with Gasteiger partial charge in [0.15, 0.2) is 0 Å². The maximum Gasteiger partial charge on any atom is 0.115 e. The number of allylic oxidation sites excluding steroid dienone is 5. The molecule has 10 heavy (non-hydrogen) atoms. The van der Waals surface area contributed by atoms with Crippen LogP contribution in [0.5, 0.6) is 0 Å². The molecule has 0 aromatic rings. The van der Waals surface area contributed by atoms with Crippen LogP contribution in [-0.2, 0) is 0 Å². The summed E-state index contributed by atoms with van der Waals surface area (Å²) in [4.78, 5) is 0. The minimum atomic E-state index is 0.298. The molecule has 0 spiro atoms. The van der Waals surface area contributed by atoms with Gasteiger partial charge in [-0.25, -0.2) is 0 Å². The predicted molar refractivity (Wildman–Crippen MR) is 45.0 cm³/mol. The van der Waals surface area contributed by atoms with Crippen LogP contribution in [0.2, 0.25) is 0 Å². The molecule has 0 bridgehead atoms. The van der Waals surface area contributed by atoms with E-state index in [-0.39, 0.29) is 0 Å². The Morgan fingerprint density at radius 1 is 1.50 bits per heavy atom. The van der Waals surface area contributed by atoms with Crippen molar-refractivity contribution < 1.29 is 5.11 Å². The summed E-state index contributed by atoms with van der Waals surface area (Å²) in [6, 6.07) is 0. The smallest absolute Gasteiger partial charge is 0.115 e. The number of aliphatic hydroxyl groups is 1. The van der Waals surface area contributed by atoms with E-state index in [2.05, 4.69) is 6.92 Å². The van der Waals surface area contributed by atoms with Crippen molar-refractivity contribution in [1.29, 1.82) is 0 Å². The van der Waals surface area contributed by atoms with Gasteiger partial charge in [-0.1, -0.05) is 25.2 Å². The Hall–Kier alpha value is -0.980. The molecule has 0 amide bonds. The number of rotatable bonds is 3. The van der Waals surface area contributed by atoms with Gasteiger partial charge in [-0.2, -0.15) is 0 Å². The maximum atomic E-state index is 9.00. The molecule has 56 valence electrons. The molecule has 1 heteroatoms. The molecule has 0 aliphatic rings. The van der Waals surface area contributed by atoms with Gasteiger partial charge in [0.05, 0.1) is 0 Å². The van der Waals surface area contributed by atoms with Crippen molar-refractivity contribution in [2.24, 2.45) is 0 Å². The Balaban J connectivity index is 3.79. The molecule has 0 radical (unpaired) electrons. The summed E-state index contributed by atoms with van der Waals surface area (Å²) >= 11 is 0. The highest BCUT2D eigenvalue weighted by molar-refractivity contribution is 5.16. The van der Waals surface area contributed by atoms with Gasteiger partial charge in [0.1, 0.15) is 5.76 Å². The van der Waals surface area contributed by atoms with Crippen molar-refractivity contribution in [3.63, 3.8) is 0 Å². The van der Waals surface area contributed by atoms with E-state index >= 15 is 0 Å². The van der Waals surface area contributed by atoms with Gasteiger partial charge in [-0.3, -0.25) is 0 Å². The fourth-order valence-corrected chi connectivity index (χ4v) is 0.529. The average Bonchev–Trinajstić information content (AvgIpc) is 1.89. The first-order valence-electron chi connectivity index (χ1n) is 3.49. The second kappa shape index (κ2) is 6.14. The summed E-state index contributed by atoms with van der Waals surface area (Å²) in [5, 5.41) is 9.00. The van der Waals surface area contributed by atoms with Crippen LogP contribution in [0.3, 0.4) is 0 Å². The first kappa shape index (κ1) is 9.02. The standard InChI is InChI=1S/C9H14O/c1-3-5-6-8-9(10)7-4-2/h4-8,10H,3H2,1-2H3/b6-5+,7-4-,9-8+. The number of hydrogen-bond acceptors (Lipinski definition) is 1. The molecule has 1 nitrogen and oxygen atoms in total. The zero-order valence-electron chi connectivity index (χ0n) is 6.54. The molecule has 0 saturated carbocycles. The van der Waals surface area contributed by atoms with E-state index in [0.29, 0.717) is 5.76 Å². The molecule has 0 aromatic carbocycles. The van der Waals surface area contributed by atoms with Gasteiger partial charge in [0.25, 0.3) is 0 Å². The molecule has 0 aliphatic carbocycles. The molecule has 0 atom stereocenters. The van der Waals surface area contributed by atoms with E-state index in [0.717, 1.165) is 6.42 Å². The third kappa shape index (κ3) is 5.16. The predicted octanol–water partition coefficient (Wildman–Crippen LogP) is 2.97. The van der Waals surface area contributed by atoms with Gasteiger partial charge in [-0.15, -0.1) is 0 Å². The Kier molecular flexibility index (Phi) is 5.54. The monoisotopic (exact) mass is 138 g/mol. The lowest BCUT2D eigenvalue weighted by Crippen LogP contribution is -1.69. The summed E-state index contributed by atoms with van der Waals surface area (Å²) in [5.41, 5.74) is 0. The fourth-order valence-electron chi connectivity index (χ4n) is 0.529. The second-order valence-corrected chi connectivity index (χ2v) is 1.93. The Bertz CT molecular complexity index is 152. The lowest BCUT2D eigenvalue weighted by molar-refractivity contribution is 0.432. The summed E-state index contributed by atoms with van der Waals surface area (Å²) in [7, 11) is 0. The van der Waals surface area contributed by atoms with Crippen molar-refractivity contribution in [3.8, 4) is 0 Å². The largest absolute Gasteiger partial charge is 0.508 e. The molecule has 0 aromatic heterocycles. The van der Waals surface area contributed by atoms with Gasteiger partial charge in [-0.05, 0) is 25.5 Å². The third-order valence-corrected chi connectivity index (χ3v) is 0.976. The summed E-state index contributed by atoms with van der Waals surface area (Å²) in [5.74, 6) is 0.298. The van der Waals surface area contributed by atoms with Crippen LogP contribution in [0.15, 0.2) is 36.1 Å². The molecule has 0 heterocycles. The maximum absolute atomic E-state index is 9.00. The van der Waals surface area contributed by atoms with Crippen molar-refractivity contribution in [2.75, 3.05) is 0 Å². The zero-order chi connectivity index (χ0) is 7.82. The van der Waals surface area contributed by atoms with Crippen LogP contribution >= 0.6 is 0 Å². The topological polar surface area (TPSA) is 20.2 Å². The van der Waals surface area contributed by atoms with Crippen LogP contribution < -0.4 is 0 Å². The highest BCUT2D eigenvalue weighted by Gasteiger charge is 1.76. The van der Waals surface area contributed by atoms with Crippen molar-refractivity contribution in [3.05, 3.63) is 36.1 Å². The minimum absolute atomic E-state index is 0.298. The van der Waals surface area contributed by atoms with E-state index in [1.807, 2.05) is 19.1 Å². The van der Waals surface area contributed by atoms with Crippen LogP contribution in [0.25, 0.3) is 0 Å². The van der Waals surface area contributed by atoms with E-state index in [1.54, 1.807) is 18.2 Å². The molecule has 0 aliphatic heterocycles. The Morgan fingerprint density at radius 3 is 2.70 bits per heavy atom. The van der Waals surface area contributed by atoms with Gasteiger partial charge < -0.3 is 5.11 Å². The van der Waals surface area contributed by atoms with Crippen LogP contribution in [-0.4, -0.2) is 5.11 Å². The molecule has 0 rings (SSSR count). The quantitative estimate of drug-likeness (QED) is 0.469. The highest BCUT2D eigenvalue weighted by Crippen LogP contribution is 1.91. The van der Waals surface area contributed by atoms with E-state index in [1.165, 1.54) is 0 Å². The van der Waals surface area contributed by atoms with E-state index in [4.69, 9.17) is 5.11 Å². The Morgan fingerprint density at radius 2 is 2.20 bits per heavy atom. The highest BCUT2D eigenvalue weighted by atomic mass is 16.3. The van der Waals surface area contributed by atoms with Crippen LogP contribution in [0.4, 0.5) is 0 Å². The zero-order valence-corrected chi connectivity index (χ0v) is 6.54. The second-order valence-electron chi connectivity index (χ2n) is 1.93. The summed E-state index contributed by atoms with van der Waals surface area (Å²) in [6.45, 7) is 3.92.